The monoisotopic (exact) mass is 579 g/mol. The average Bonchev–Trinajstić information content (AvgIpc) is 2.90. The van der Waals surface area contributed by atoms with E-state index >= 15 is 0 Å². The number of hydrogen-bond acceptors (Lipinski definition) is 6. The lowest BCUT2D eigenvalue weighted by Gasteiger charge is -2.32. The molecule has 0 radical (unpaired) electrons. The number of alkyl carbamates (subject to hydrolysis) is 1. The number of ether oxygens (including phenoxy) is 1. The van der Waals surface area contributed by atoms with Crippen molar-refractivity contribution in [3.63, 3.8) is 0 Å². The van der Waals surface area contributed by atoms with E-state index in [1.165, 1.54) is 0 Å². The van der Waals surface area contributed by atoms with Gasteiger partial charge in [0.05, 0.1) is 11.6 Å². The number of allylic oxidation sites excluding steroid dienone is 1. The molecule has 0 saturated carbocycles. The number of nitrogens with zero attached hydrogens (tertiary/aromatic N) is 1. The van der Waals surface area contributed by atoms with E-state index in [9.17, 15) is 27.2 Å². The lowest BCUT2D eigenvalue weighted by Crippen LogP contribution is -2.48. The molecule has 1 atom stereocenters. The summed E-state index contributed by atoms with van der Waals surface area (Å²) in [4.78, 5) is 27.9. The zero-order chi connectivity index (χ0) is 30.2. The van der Waals surface area contributed by atoms with E-state index in [1.54, 1.807) is 52.0 Å². The van der Waals surface area contributed by atoms with Gasteiger partial charge in [-0.05, 0) is 45.4 Å². The summed E-state index contributed by atoms with van der Waals surface area (Å²) >= 11 is 0. The summed E-state index contributed by atoms with van der Waals surface area (Å²) in [6.45, 7) is 8.49. The third-order valence-electron chi connectivity index (χ3n) is 6.32. The Morgan fingerprint density at radius 2 is 1.66 bits per heavy atom. The maximum Gasteiger partial charge on any atom is 0.416 e. The maximum absolute atomic E-state index is 14.4. The zero-order valence-corrected chi connectivity index (χ0v) is 23.6. The fourth-order valence-electron chi connectivity index (χ4n) is 4.41. The molecule has 1 saturated heterocycles. The minimum atomic E-state index is -4.73. The predicted octanol–water partition coefficient (Wildman–Crippen LogP) is 4.45. The highest BCUT2D eigenvalue weighted by Crippen LogP contribution is 2.33. The molecule has 0 aromatic heterocycles. The van der Waals surface area contributed by atoms with Crippen LogP contribution in [0.5, 0.6) is 0 Å². The van der Waals surface area contributed by atoms with Crippen molar-refractivity contribution < 1.29 is 31.9 Å². The molecule has 1 aliphatic rings. The molecule has 4 N–H and O–H groups in total. The standard InChI is InChI=1S/C29H37F4N5O3/c1-19(35-17-21-22(29(31,32)33)11-8-12-23(21)30)25(38-15-13-34-14-16-38)26(39)36-18-24(20-9-6-5-7-10-20)37-27(40)41-28(2,3)4/h5-12,24,34-35H,13-18H2,1-4H3,(H,36,39)(H,37,40)/b25-19+/t24-/m0/s1. The summed E-state index contributed by atoms with van der Waals surface area (Å²) in [5, 5.41) is 11.7. The van der Waals surface area contributed by atoms with E-state index in [-0.39, 0.29) is 17.9 Å². The molecule has 0 bridgehead atoms. The third kappa shape index (κ3) is 9.38. The zero-order valence-electron chi connectivity index (χ0n) is 23.6. The molecular weight excluding hydrogens is 542 g/mol. The molecule has 1 aliphatic heterocycles. The highest BCUT2D eigenvalue weighted by atomic mass is 19.4. The number of carbonyl (C=O) groups excluding carboxylic acids is 2. The second-order valence-corrected chi connectivity index (χ2v) is 10.6. The summed E-state index contributed by atoms with van der Waals surface area (Å²) in [7, 11) is 0. The number of amides is 2. The molecule has 0 aliphatic carbocycles. The largest absolute Gasteiger partial charge is 0.444 e. The summed E-state index contributed by atoms with van der Waals surface area (Å²) < 4.78 is 60.3. The molecule has 8 nitrogen and oxygen atoms in total. The molecule has 2 aromatic carbocycles. The van der Waals surface area contributed by atoms with Gasteiger partial charge in [-0.15, -0.1) is 0 Å². The molecule has 41 heavy (non-hydrogen) atoms. The molecule has 1 heterocycles. The Bertz CT molecular complexity index is 1220. The second kappa shape index (κ2) is 13.7. The van der Waals surface area contributed by atoms with Crippen molar-refractivity contribution in [1.82, 2.24) is 26.2 Å². The van der Waals surface area contributed by atoms with Crippen LogP contribution in [0.3, 0.4) is 0 Å². The van der Waals surface area contributed by atoms with Crippen LogP contribution in [0.15, 0.2) is 59.9 Å². The number of nitrogens with one attached hydrogen (secondary N) is 4. The minimum absolute atomic E-state index is 0.0104. The Morgan fingerprint density at radius 3 is 2.27 bits per heavy atom. The van der Waals surface area contributed by atoms with Gasteiger partial charge in [0.1, 0.15) is 17.1 Å². The van der Waals surface area contributed by atoms with Crippen molar-refractivity contribution in [2.45, 2.75) is 52.1 Å². The Balaban J connectivity index is 1.83. The van der Waals surface area contributed by atoms with Crippen LogP contribution in [0.25, 0.3) is 0 Å². The van der Waals surface area contributed by atoms with Gasteiger partial charge in [0.15, 0.2) is 0 Å². The summed E-state index contributed by atoms with van der Waals surface area (Å²) in [5.74, 6) is -1.49. The molecule has 1 fully saturated rings. The first kappa shape index (κ1) is 31.7. The van der Waals surface area contributed by atoms with Crippen molar-refractivity contribution in [1.29, 1.82) is 0 Å². The average molecular weight is 580 g/mol. The first-order chi connectivity index (χ1) is 19.3. The maximum atomic E-state index is 14.4. The second-order valence-electron chi connectivity index (χ2n) is 10.6. The molecule has 2 amide bonds. The Morgan fingerprint density at radius 1 is 1.00 bits per heavy atom. The number of alkyl halides is 3. The highest BCUT2D eigenvalue weighted by Gasteiger charge is 2.34. The number of benzene rings is 2. The van der Waals surface area contributed by atoms with Gasteiger partial charge in [0, 0.05) is 50.5 Å². The van der Waals surface area contributed by atoms with Crippen LogP contribution < -0.4 is 21.3 Å². The number of piperazine rings is 1. The number of hydrogen-bond donors (Lipinski definition) is 4. The number of rotatable bonds is 9. The quantitative estimate of drug-likeness (QED) is 0.259. The molecule has 12 heteroatoms. The number of halogens is 4. The van der Waals surface area contributed by atoms with E-state index in [0.717, 1.165) is 23.8 Å². The van der Waals surface area contributed by atoms with Gasteiger partial charge >= 0.3 is 12.3 Å². The molecule has 224 valence electrons. The van der Waals surface area contributed by atoms with Gasteiger partial charge in [-0.2, -0.15) is 13.2 Å². The Kier molecular flexibility index (Phi) is 10.6. The Labute approximate surface area is 237 Å². The van der Waals surface area contributed by atoms with Crippen molar-refractivity contribution in [2.24, 2.45) is 0 Å². The van der Waals surface area contributed by atoms with Crippen molar-refractivity contribution in [3.8, 4) is 0 Å². The normalized spacial score (nSPS) is 15.5. The van der Waals surface area contributed by atoms with Gasteiger partial charge in [-0.1, -0.05) is 36.4 Å². The summed E-state index contributed by atoms with van der Waals surface area (Å²) in [5.41, 5.74) is -1.09. The first-order valence-corrected chi connectivity index (χ1v) is 13.3. The molecule has 2 aromatic rings. The van der Waals surface area contributed by atoms with Crippen molar-refractivity contribution in [2.75, 3.05) is 32.7 Å². The Hall–Kier alpha value is -3.80. The van der Waals surface area contributed by atoms with Gasteiger partial charge < -0.3 is 30.9 Å². The molecular formula is C29H37F4N5O3. The van der Waals surface area contributed by atoms with Crippen LogP contribution in [0.2, 0.25) is 0 Å². The minimum Gasteiger partial charge on any atom is -0.444 e. The molecule has 0 spiro atoms. The van der Waals surface area contributed by atoms with Crippen LogP contribution in [-0.2, 0) is 22.3 Å². The van der Waals surface area contributed by atoms with E-state index in [0.29, 0.717) is 26.2 Å². The predicted molar refractivity (Wildman–Crippen MR) is 147 cm³/mol. The van der Waals surface area contributed by atoms with Crippen LogP contribution in [-0.4, -0.2) is 55.2 Å². The number of carbonyl (C=O) groups is 2. The fourth-order valence-corrected chi connectivity index (χ4v) is 4.41. The van der Waals surface area contributed by atoms with Crippen LogP contribution in [0.4, 0.5) is 22.4 Å². The van der Waals surface area contributed by atoms with Crippen molar-refractivity contribution >= 4 is 12.0 Å². The topological polar surface area (TPSA) is 94.7 Å². The first-order valence-electron chi connectivity index (χ1n) is 13.3. The van der Waals surface area contributed by atoms with Crippen LogP contribution >= 0.6 is 0 Å². The van der Waals surface area contributed by atoms with Gasteiger partial charge in [-0.25, -0.2) is 9.18 Å². The molecule has 0 unspecified atom stereocenters. The molecule has 3 rings (SSSR count). The van der Waals surface area contributed by atoms with Crippen LogP contribution in [0.1, 0.15) is 50.4 Å². The fraction of sp³-hybridized carbons (Fsp3) is 0.448. The van der Waals surface area contributed by atoms with E-state index in [2.05, 4.69) is 21.3 Å². The van der Waals surface area contributed by atoms with Crippen molar-refractivity contribution in [3.05, 3.63) is 82.4 Å². The van der Waals surface area contributed by atoms with Crippen LogP contribution in [0, 0.1) is 5.82 Å². The highest BCUT2D eigenvalue weighted by molar-refractivity contribution is 5.93. The lowest BCUT2D eigenvalue weighted by atomic mass is 10.1. The van der Waals surface area contributed by atoms with E-state index in [1.807, 2.05) is 11.0 Å². The third-order valence-corrected chi connectivity index (χ3v) is 6.32. The summed E-state index contributed by atoms with van der Waals surface area (Å²) in [6.07, 6.45) is -5.38. The van der Waals surface area contributed by atoms with Gasteiger partial charge in [0.2, 0.25) is 0 Å². The summed E-state index contributed by atoms with van der Waals surface area (Å²) in [6, 6.07) is 11.2. The van der Waals surface area contributed by atoms with E-state index < -0.39 is 53.3 Å². The SMILES string of the molecule is C/C(NCc1c(F)cccc1C(F)(F)F)=C(/C(=O)NC[C@H](NC(=O)OC(C)(C)C)c1ccccc1)N1CCNCC1. The lowest BCUT2D eigenvalue weighted by molar-refractivity contribution is -0.138. The smallest absolute Gasteiger partial charge is 0.416 e. The van der Waals surface area contributed by atoms with Gasteiger partial charge in [0.25, 0.3) is 5.91 Å². The van der Waals surface area contributed by atoms with Gasteiger partial charge in [-0.3, -0.25) is 4.79 Å². The van der Waals surface area contributed by atoms with E-state index in [4.69, 9.17) is 4.74 Å².